The molecule has 0 radical (unpaired) electrons. The lowest BCUT2D eigenvalue weighted by Crippen LogP contribution is -2.42. The lowest BCUT2D eigenvalue weighted by atomic mass is 10.2. The zero-order valence-corrected chi connectivity index (χ0v) is 13.5. The summed E-state index contributed by atoms with van der Waals surface area (Å²) in [5.41, 5.74) is 5.02. The quantitative estimate of drug-likeness (QED) is 0.866. The Balaban J connectivity index is 1.86. The second kappa shape index (κ2) is 6.40. The minimum Gasteiger partial charge on any atom is -0.486 e. The number of nitrogens with one attached hydrogen (secondary N) is 1. The van der Waals surface area contributed by atoms with Crippen LogP contribution in [0.3, 0.4) is 0 Å². The van der Waals surface area contributed by atoms with Crippen molar-refractivity contribution in [2.24, 2.45) is 5.73 Å². The van der Waals surface area contributed by atoms with Crippen LogP contribution in [0.2, 0.25) is 0 Å². The van der Waals surface area contributed by atoms with Crippen molar-refractivity contribution < 1.29 is 22.7 Å². The van der Waals surface area contributed by atoms with E-state index in [1.165, 1.54) is 24.3 Å². The Bertz CT molecular complexity index is 852. The summed E-state index contributed by atoms with van der Waals surface area (Å²) in [5, 5.41) is 2.43. The molecule has 0 fully saturated rings. The number of carbonyl (C=O) groups excluding carboxylic acids is 1. The molecule has 1 aliphatic heterocycles. The van der Waals surface area contributed by atoms with Crippen molar-refractivity contribution in [1.82, 2.24) is 5.32 Å². The Morgan fingerprint density at radius 2 is 1.88 bits per heavy atom. The van der Waals surface area contributed by atoms with Crippen LogP contribution in [0.4, 0.5) is 4.79 Å². The molecule has 126 valence electrons. The molecule has 2 amide bonds. The molecule has 1 aliphatic rings. The van der Waals surface area contributed by atoms with E-state index in [4.69, 9.17) is 15.2 Å². The fourth-order valence-corrected chi connectivity index (χ4v) is 3.61. The van der Waals surface area contributed by atoms with Gasteiger partial charge < -0.3 is 20.5 Å². The topological polar surface area (TPSA) is 108 Å². The average molecular weight is 348 g/mol. The second-order valence-electron chi connectivity index (χ2n) is 5.22. The molecule has 0 aromatic heterocycles. The fourth-order valence-electron chi connectivity index (χ4n) is 2.31. The normalized spacial score (nSPS) is 16.4. The van der Waals surface area contributed by atoms with Crippen molar-refractivity contribution in [2.75, 3.05) is 13.2 Å². The van der Waals surface area contributed by atoms with Gasteiger partial charge in [-0.2, -0.15) is 0 Å². The van der Waals surface area contributed by atoms with E-state index in [-0.39, 0.29) is 22.9 Å². The molecule has 24 heavy (non-hydrogen) atoms. The number of hydrogen-bond donors (Lipinski definition) is 2. The van der Waals surface area contributed by atoms with E-state index in [0.29, 0.717) is 11.5 Å². The summed E-state index contributed by atoms with van der Waals surface area (Å²) in [6.45, 7) is 0.405. The van der Waals surface area contributed by atoms with Crippen LogP contribution in [0.25, 0.3) is 0 Å². The zero-order chi connectivity index (χ0) is 17.2. The Labute approximate surface area is 139 Å². The molecular weight excluding hydrogens is 332 g/mol. The lowest BCUT2D eigenvalue weighted by molar-refractivity contribution is 0.0917. The molecule has 3 rings (SSSR count). The number of amides is 2. The predicted octanol–water partition coefficient (Wildman–Crippen LogP) is 1.33. The van der Waals surface area contributed by atoms with Crippen molar-refractivity contribution >= 4 is 15.9 Å². The van der Waals surface area contributed by atoms with E-state index in [1.807, 2.05) is 0 Å². The number of rotatable bonds is 4. The minimum absolute atomic E-state index is 0.111. The van der Waals surface area contributed by atoms with Crippen LogP contribution in [0.5, 0.6) is 11.5 Å². The van der Waals surface area contributed by atoms with E-state index < -0.39 is 22.0 Å². The molecule has 3 N–H and O–H groups in total. The molecule has 7 nitrogen and oxygen atoms in total. The van der Waals surface area contributed by atoms with Gasteiger partial charge in [-0.05, 0) is 24.3 Å². The van der Waals surface area contributed by atoms with Crippen molar-refractivity contribution in [2.45, 2.75) is 15.9 Å². The van der Waals surface area contributed by atoms with E-state index in [1.54, 1.807) is 24.3 Å². The lowest BCUT2D eigenvalue weighted by Gasteiger charge is -2.26. The molecule has 0 unspecified atom stereocenters. The summed E-state index contributed by atoms with van der Waals surface area (Å²) < 4.78 is 36.5. The van der Waals surface area contributed by atoms with Crippen LogP contribution in [0.15, 0.2) is 58.3 Å². The summed E-state index contributed by atoms with van der Waals surface area (Å²) in [6, 6.07) is 11.9. The largest absolute Gasteiger partial charge is 0.486 e. The smallest absolute Gasteiger partial charge is 0.312 e. The molecule has 0 aliphatic carbocycles. The maximum atomic E-state index is 12.6. The number of benzene rings is 2. The summed E-state index contributed by atoms with van der Waals surface area (Å²) in [7, 11) is -3.64. The van der Waals surface area contributed by atoms with Gasteiger partial charge in [-0.1, -0.05) is 18.2 Å². The third-order valence-electron chi connectivity index (χ3n) is 3.50. The molecule has 0 saturated carbocycles. The third-order valence-corrected chi connectivity index (χ3v) is 5.27. The maximum absolute atomic E-state index is 12.6. The number of fused-ring (bicyclic) bond motifs is 1. The Morgan fingerprint density at radius 1 is 1.12 bits per heavy atom. The molecule has 0 spiro atoms. The Morgan fingerprint density at radius 3 is 2.58 bits per heavy atom. The first-order valence-electron chi connectivity index (χ1n) is 7.24. The maximum Gasteiger partial charge on any atom is 0.312 e. The fraction of sp³-hybridized carbons (Fsp3) is 0.188. The summed E-state index contributed by atoms with van der Waals surface area (Å²) in [5.74, 6) is 0.770. The van der Waals surface area contributed by atoms with E-state index in [9.17, 15) is 13.2 Å². The standard InChI is InChI=1S/C16H16N2O5S/c17-16(19)18-9-11-10-22-14-7-6-13(8-15(14)23-11)24(20,21)12-4-2-1-3-5-12/h1-8,11H,9-10H2,(H3,17,18,19)/t11-/m0/s1. The van der Waals surface area contributed by atoms with Crippen LogP contribution in [-0.2, 0) is 9.84 Å². The summed E-state index contributed by atoms with van der Waals surface area (Å²) in [6.07, 6.45) is -0.445. The van der Waals surface area contributed by atoms with Crippen LogP contribution in [-0.4, -0.2) is 33.7 Å². The van der Waals surface area contributed by atoms with Gasteiger partial charge >= 0.3 is 6.03 Å². The highest BCUT2D eigenvalue weighted by Crippen LogP contribution is 2.35. The first-order chi connectivity index (χ1) is 11.5. The summed E-state index contributed by atoms with van der Waals surface area (Å²) >= 11 is 0. The summed E-state index contributed by atoms with van der Waals surface area (Å²) in [4.78, 5) is 11.1. The number of hydrogen-bond acceptors (Lipinski definition) is 5. The van der Waals surface area contributed by atoms with Gasteiger partial charge in [0.25, 0.3) is 0 Å². The number of carbonyl (C=O) groups is 1. The molecule has 1 atom stereocenters. The first kappa shape index (κ1) is 16.1. The van der Waals surface area contributed by atoms with Crippen molar-refractivity contribution in [3.63, 3.8) is 0 Å². The first-order valence-corrected chi connectivity index (χ1v) is 8.72. The molecule has 0 bridgehead atoms. The molecule has 8 heteroatoms. The van der Waals surface area contributed by atoms with Crippen molar-refractivity contribution in [1.29, 1.82) is 0 Å². The SMILES string of the molecule is NC(=O)NC[C@H]1COc2ccc(S(=O)(=O)c3ccccc3)cc2O1. The molecule has 0 saturated heterocycles. The molecule has 2 aromatic rings. The average Bonchev–Trinajstić information content (AvgIpc) is 2.60. The van der Waals surface area contributed by atoms with Crippen LogP contribution < -0.4 is 20.5 Å². The highest BCUT2D eigenvalue weighted by atomic mass is 32.2. The minimum atomic E-state index is -3.64. The van der Waals surface area contributed by atoms with Crippen LogP contribution >= 0.6 is 0 Å². The van der Waals surface area contributed by atoms with Gasteiger partial charge in [-0.25, -0.2) is 13.2 Å². The van der Waals surface area contributed by atoms with Gasteiger partial charge in [0, 0.05) is 6.07 Å². The van der Waals surface area contributed by atoms with Gasteiger partial charge in [0.2, 0.25) is 9.84 Å². The van der Waals surface area contributed by atoms with Crippen molar-refractivity contribution in [3.05, 3.63) is 48.5 Å². The highest BCUT2D eigenvalue weighted by Gasteiger charge is 2.25. The van der Waals surface area contributed by atoms with E-state index in [2.05, 4.69) is 5.32 Å². The van der Waals surface area contributed by atoms with E-state index >= 15 is 0 Å². The number of ether oxygens (including phenoxy) is 2. The van der Waals surface area contributed by atoms with Crippen LogP contribution in [0.1, 0.15) is 0 Å². The van der Waals surface area contributed by atoms with Gasteiger partial charge in [0.05, 0.1) is 16.3 Å². The molecule has 2 aromatic carbocycles. The van der Waals surface area contributed by atoms with Crippen LogP contribution in [0, 0.1) is 0 Å². The predicted molar refractivity (Wildman–Crippen MR) is 85.8 cm³/mol. The van der Waals surface area contributed by atoms with E-state index in [0.717, 1.165) is 0 Å². The monoisotopic (exact) mass is 348 g/mol. The number of primary amides is 1. The number of sulfone groups is 1. The Hall–Kier alpha value is -2.74. The van der Waals surface area contributed by atoms with Gasteiger partial charge in [0.15, 0.2) is 17.6 Å². The van der Waals surface area contributed by atoms with Gasteiger partial charge in [0.1, 0.15) is 6.61 Å². The number of urea groups is 1. The van der Waals surface area contributed by atoms with Crippen molar-refractivity contribution in [3.8, 4) is 11.5 Å². The highest BCUT2D eigenvalue weighted by molar-refractivity contribution is 7.91. The zero-order valence-electron chi connectivity index (χ0n) is 12.6. The van der Waals surface area contributed by atoms with Gasteiger partial charge in [-0.3, -0.25) is 0 Å². The number of nitrogens with two attached hydrogens (primary N) is 1. The second-order valence-corrected chi connectivity index (χ2v) is 7.17. The molecular formula is C16H16N2O5S. The molecule has 1 heterocycles. The van der Waals surface area contributed by atoms with Gasteiger partial charge in [-0.15, -0.1) is 0 Å². The third kappa shape index (κ3) is 3.28. The Kier molecular flexibility index (Phi) is 4.30.